The fraction of sp³-hybridized carbons (Fsp3) is 0.133. The highest BCUT2D eigenvalue weighted by molar-refractivity contribution is 8.26. The first-order valence-corrected chi connectivity index (χ1v) is 8.59. The molecule has 1 fully saturated rings. The monoisotopic (exact) mass is 348 g/mol. The molecule has 7 heteroatoms. The molecule has 1 aromatic heterocycles. The van der Waals surface area contributed by atoms with Crippen molar-refractivity contribution in [3.05, 3.63) is 50.8 Å². The molecule has 1 saturated heterocycles. The Bertz CT molecular complexity index is 750. The van der Waals surface area contributed by atoms with Gasteiger partial charge in [-0.15, -0.1) is 11.3 Å². The molecular weight excluding hydrogens is 336 g/mol. The minimum absolute atomic E-state index is 0.144. The van der Waals surface area contributed by atoms with E-state index in [1.807, 2.05) is 42.6 Å². The molecule has 0 radical (unpaired) electrons. The normalized spacial score (nSPS) is 16.1. The lowest BCUT2D eigenvalue weighted by atomic mass is 10.2. The van der Waals surface area contributed by atoms with Crippen molar-refractivity contribution in [2.24, 2.45) is 0 Å². The molecule has 0 unspecified atom stereocenters. The molecule has 22 heavy (non-hydrogen) atoms. The van der Waals surface area contributed by atoms with E-state index in [4.69, 9.17) is 17.0 Å². The number of carbonyl (C=O) groups is 1. The summed E-state index contributed by atoms with van der Waals surface area (Å²) in [4.78, 5) is 16.6. The van der Waals surface area contributed by atoms with E-state index in [-0.39, 0.29) is 5.91 Å². The van der Waals surface area contributed by atoms with E-state index in [2.05, 4.69) is 10.3 Å². The molecule has 0 spiro atoms. The molecular formula is C15H12N2O2S3. The van der Waals surface area contributed by atoms with Gasteiger partial charge in [0.25, 0.3) is 5.91 Å². The Kier molecular flexibility index (Phi) is 4.56. The second-order valence-corrected chi connectivity index (χ2v) is 7.35. The summed E-state index contributed by atoms with van der Waals surface area (Å²) >= 11 is 7.84. The summed E-state index contributed by atoms with van der Waals surface area (Å²) in [5.41, 5.74) is 1.86. The van der Waals surface area contributed by atoms with Crippen LogP contribution < -0.4 is 10.1 Å². The van der Waals surface area contributed by atoms with Crippen LogP contribution in [0.4, 0.5) is 0 Å². The van der Waals surface area contributed by atoms with Gasteiger partial charge in [0.15, 0.2) is 0 Å². The average molecular weight is 348 g/mol. The molecule has 4 nitrogen and oxygen atoms in total. The zero-order valence-corrected chi connectivity index (χ0v) is 14.1. The average Bonchev–Trinajstić information content (AvgIpc) is 3.04. The maximum absolute atomic E-state index is 11.6. The summed E-state index contributed by atoms with van der Waals surface area (Å²) in [6.07, 6.45) is 1.81. The molecule has 1 amide bonds. The molecule has 0 saturated carbocycles. The Balaban J connectivity index is 1.64. The van der Waals surface area contributed by atoms with Gasteiger partial charge in [0.2, 0.25) is 0 Å². The van der Waals surface area contributed by atoms with E-state index in [1.165, 1.54) is 11.8 Å². The second kappa shape index (κ2) is 6.60. The molecule has 2 heterocycles. The largest absolute Gasteiger partial charge is 0.487 e. The minimum Gasteiger partial charge on any atom is -0.487 e. The van der Waals surface area contributed by atoms with Crippen LogP contribution in [0, 0.1) is 6.92 Å². The highest BCUT2D eigenvalue weighted by atomic mass is 32.2. The number of carbonyl (C=O) groups excluding carboxylic acids is 1. The number of thiazole rings is 1. The highest BCUT2D eigenvalue weighted by Crippen LogP contribution is 2.26. The molecule has 112 valence electrons. The van der Waals surface area contributed by atoms with Gasteiger partial charge in [-0.25, -0.2) is 4.98 Å². The first kappa shape index (κ1) is 15.2. The van der Waals surface area contributed by atoms with Gasteiger partial charge < -0.3 is 10.1 Å². The molecule has 0 bridgehead atoms. The van der Waals surface area contributed by atoms with Crippen molar-refractivity contribution in [1.29, 1.82) is 0 Å². The predicted molar refractivity (Wildman–Crippen MR) is 93.9 cm³/mol. The molecule has 1 N–H and O–H groups in total. The third-order valence-electron chi connectivity index (χ3n) is 2.87. The van der Waals surface area contributed by atoms with Gasteiger partial charge in [0.05, 0.1) is 15.6 Å². The lowest BCUT2D eigenvalue weighted by Crippen LogP contribution is -2.17. The van der Waals surface area contributed by atoms with Gasteiger partial charge >= 0.3 is 0 Å². The third-order valence-corrected chi connectivity index (χ3v) is 4.86. The van der Waals surface area contributed by atoms with Crippen LogP contribution in [0.2, 0.25) is 0 Å². The second-order valence-electron chi connectivity index (χ2n) is 4.57. The molecule has 2 aromatic rings. The van der Waals surface area contributed by atoms with Crippen molar-refractivity contribution in [2.75, 3.05) is 0 Å². The van der Waals surface area contributed by atoms with E-state index in [9.17, 15) is 4.79 Å². The minimum atomic E-state index is -0.144. The first-order valence-electron chi connectivity index (χ1n) is 6.49. The molecule has 3 rings (SSSR count). The van der Waals surface area contributed by atoms with Gasteiger partial charge in [-0.3, -0.25) is 4.79 Å². The van der Waals surface area contributed by atoms with Crippen molar-refractivity contribution in [3.63, 3.8) is 0 Å². The molecule has 0 atom stereocenters. The van der Waals surface area contributed by atoms with Gasteiger partial charge in [-0.05, 0) is 30.7 Å². The van der Waals surface area contributed by atoms with Gasteiger partial charge in [0.1, 0.15) is 16.7 Å². The fourth-order valence-corrected chi connectivity index (χ4v) is 3.51. The summed E-state index contributed by atoms with van der Waals surface area (Å²) in [6.45, 7) is 2.43. The van der Waals surface area contributed by atoms with E-state index >= 15 is 0 Å². The maximum Gasteiger partial charge on any atom is 0.263 e. The molecule has 1 aliphatic rings. The number of nitrogens with zero attached hydrogens (tertiary/aromatic N) is 1. The van der Waals surface area contributed by atoms with Crippen molar-refractivity contribution in [3.8, 4) is 5.75 Å². The summed E-state index contributed by atoms with van der Waals surface area (Å²) < 4.78 is 6.18. The summed E-state index contributed by atoms with van der Waals surface area (Å²) in [7, 11) is 0. The van der Waals surface area contributed by atoms with Crippen LogP contribution in [0.25, 0.3) is 6.08 Å². The van der Waals surface area contributed by atoms with Crippen LogP contribution in [0.3, 0.4) is 0 Å². The molecule has 0 aliphatic carbocycles. The van der Waals surface area contributed by atoms with E-state index < -0.39 is 0 Å². The number of hydrogen-bond donors (Lipinski definition) is 1. The Hall–Kier alpha value is -1.70. The van der Waals surface area contributed by atoms with Gasteiger partial charge in [-0.2, -0.15) is 0 Å². The quantitative estimate of drug-likeness (QED) is 0.677. The number of rotatable bonds is 4. The number of aromatic nitrogens is 1. The number of aryl methyl sites for hydroxylation is 1. The maximum atomic E-state index is 11.6. The lowest BCUT2D eigenvalue weighted by molar-refractivity contribution is -0.115. The van der Waals surface area contributed by atoms with E-state index in [1.54, 1.807) is 11.3 Å². The zero-order chi connectivity index (χ0) is 15.5. The Morgan fingerprint density at radius 2 is 2.14 bits per heavy atom. The number of amides is 1. The predicted octanol–water partition coefficient (Wildman–Crippen LogP) is 3.52. The first-order chi connectivity index (χ1) is 10.6. The number of benzene rings is 1. The van der Waals surface area contributed by atoms with Crippen molar-refractivity contribution in [2.45, 2.75) is 13.5 Å². The fourth-order valence-electron chi connectivity index (χ4n) is 1.86. The summed E-state index contributed by atoms with van der Waals surface area (Å²) in [6, 6.07) is 7.57. The molecule has 1 aromatic carbocycles. The van der Waals surface area contributed by atoms with Crippen molar-refractivity contribution < 1.29 is 9.53 Å². The zero-order valence-electron chi connectivity index (χ0n) is 11.7. The number of hydrogen-bond acceptors (Lipinski definition) is 6. The Morgan fingerprint density at radius 3 is 2.73 bits per heavy atom. The van der Waals surface area contributed by atoms with E-state index in [0.29, 0.717) is 15.8 Å². The summed E-state index contributed by atoms with van der Waals surface area (Å²) in [5, 5.41) is 5.62. The van der Waals surface area contributed by atoms with Crippen LogP contribution in [0.1, 0.15) is 16.3 Å². The summed E-state index contributed by atoms with van der Waals surface area (Å²) in [5.74, 6) is 0.626. The van der Waals surface area contributed by atoms with Crippen LogP contribution in [-0.4, -0.2) is 15.2 Å². The van der Waals surface area contributed by atoms with E-state index in [0.717, 1.165) is 22.0 Å². The van der Waals surface area contributed by atoms with Gasteiger partial charge in [0, 0.05) is 5.38 Å². The van der Waals surface area contributed by atoms with Crippen LogP contribution in [0.15, 0.2) is 34.6 Å². The number of thiocarbonyl (C=S) groups is 1. The van der Waals surface area contributed by atoms with Crippen LogP contribution in [-0.2, 0) is 11.4 Å². The Labute approximate surface area is 141 Å². The van der Waals surface area contributed by atoms with Crippen LogP contribution in [0.5, 0.6) is 5.75 Å². The molecule has 1 aliphatic heterocycles. The Morgan fingerprint density at radius 1 is 1.36 bits per heavy atom. The topological polar surface area (TPSA) is 51.2 Å². The third kappa shape index (κ3) is 3.73. The van der Waals surface area contributed by atoms with Crippen LogP contribution >= 0.6 is 35.3 Å². The lowest BCUT2D eigenvalue weighted by Gasteiger charge is -2.04. The smallest absolute Gasteiger partial charge is 0.263 e. The van der Waals surface area contributed by atoms with Crippen molar-refractivity contribution >= 4 is 51.6 Å². The number of nitrogens with one attached hydrogen (secondary N) is 1. The highest BCUT2D eigenvalue weighted by Gasteiger charge is 2.21. The van der Waals surface area contributed by atoms with Crippen molar-refractivity contribution in [1.82, 2.24) is 10.3 Å². The SMILES string of the molecule is Cc1nc(COc2ccc(/C=C3\SC(=S)NC3=O)cc2)cs1. The van der Waals surface area contributed by atoms with Gasteiger partial charge in [-0.1, -0.05) is 36.1 Å². The number of ether oxygens (including phenoxy) is 1. The standard InChI is InChI=1S/C15H12N2O2S3/c1-9-16-11(8-21-9)7-19-12-4-2-10(3-5-12)6-13-14(18)17-15(20)22-13/h2-6,8H,7H2,1H3,(H,17,18,20)/b13-6-. The number of thioether (sulfide) groups is 1.